The molecule has 0 spiro atoms. The van der Waals surface area contributed by atoms with Crippen LogP contribution in [0.15, 0.2) is 71.5 Å². The van der Waals surface area contributed by atoms with Gasteiger partial charge in [-0.15, -0.1) is 0 Å². The number of piperidine rings is 1. The number of likely N-dealkylation sites (tertiary alicyclic amines) is 1. The molecule has 2 aliphatic rings. The predicted molar refractivity (Wildman–Crippen MR) is 144 cm³/mol. The summed E-state index contributed by atoms with van der Waals surface area (Å²) in [6, 6.07) is 14.7. The van der Waals surface area contributed by atoms with Crippen molar-refractivity contribution in [3.63, 3.8) is 0 Å². The van der Waals surface area contributed by atoms with Crippen LogP contribution in [0.25, 0.3) is 0 Å². The number of rotatable bonds is 10. The second-order valence-corrected chi connectivity index (χ2v) is 13.6. The normalized spacial score (nSPS) is 21.0. The van der Waals surface area contributed by atoms with Gasteiger partial charge in [-0.25, -0.2) is 30.3 Å². The van der Waals surface area contributed by atoms with Crippen LogP contribution in [0.2, 0.25) is 0 Å². The number of carbonyl (C=O) groups excluding carboxylic acids is 1. The second-order valence-electron chi connectivity index (χ2n) is 10.0. The maximum Gasteiger partial charge on any atom is 0.265 e. The van der Waals surface area contributed by atoms with Crippen molar-refractivity contribution in [3.8, 4) is 0 Å². The Hall–Kier alpha value is -2.67. The van der Waals surface area contributed by atoms with Crippen LogP contribution in [-0.4, -0.2) is 70.1 Å². The first-order valence-corrected chi connectivity index (χ1v) is 15.8. The van der Waals surface area contributed by atoms with Gasteiger partial charge in [0.2, 0.25) is 26.0 Å². The number of nitrogens with zero attached hydrogens (tertiary/aromatic N) is 2. The first-order chi connectivity index (χ1) is 18.4. The van der Waals surface area contributed by atoms with Crippen molar-refractivity contribution in [2.24, 2.45) is 0 Å². The van der Waals surface area contributed by atoms with Crippen molar-refractivity contribution in [2.45, 2.75) is 54.9 Å². The number of hydrogen-bond acceptors (Lipinski definition) is 5. The van der Waals surface area contributed by atoms with Crippen molar-refractivity contribution in [1.82, 2.24) is 13.9 Å². The number of halogens is 2. The fraction of sp³-hybridized carbons (Fsp3) is 0.444. The molecule has 2 saturated heterocycles. The first-order valence-electron chi connectivity index (χ1n) is 12.9. The Bertz CT molecular complexity index is 1380. The van der Waals surface area contributed by atoms with E-state index in [-0.39, 0.29) is 43.8 Å². The SMILES string of the molecule is C=CS(=O)(=O)NC[C@@H]1CCCN1S(=O)(=O)c1ccc(C(Cc2ccccc2)C(=O)N2CCCC(F)(F)C2)cc1. The zero-order chi connectivity index (χ0) is 28.3. The number of hydrogen-bond donors (Lipinski definition) is 1. The molecule has 0 aliphatic carbocycles. The molecule has 2 aliphatic heterocycles. The smallest absolute Gasteiger partial charge is 0.265 e. The molecule has 39 heavy (non-hydrogen) atoms. The molecule has 1 unspecified atom stereocenters. The molecule has 2 aromatic carbocycles. The molecule has 4 rings (SSSR count). The van der Waals surface area contributed by atoms with E-state index in [1.54, 1.807) is 12.1 Å². The van der Waals surface area contributed by atoms with Crippen LogP contribution in [0, 0.1) is 0 Å². The van der Waals surface area contributed by atoms with Gasteiger partial charge in [0.05, 0.1) is 17.4 Å². The highest BCUT2D eigenvalue weighted by atomic mass is 32.2. The summed E-state index contributed by atoms with van der Waals surface area (Å²) in [5.74, 6) is -4.11. The molecule has 0 radical (unpaired) electrons. The minimum absolute atomic E-state index is 0.0140. The summed E-state index contributed by atoms with van der Waals surface area (Å²) < 4.78 is 82.2. The predicted octanol–water partition coefficient (Wildman–Crippen LogP) is 3.49. The Kier molecular flexibility index (Phi) is 8.89. The van der Waals surface area contributed by atoms with Crippen LogP contribution in [0.4, 0.5) is 8.78 Å². The highest BCUT2D eigenvalue weighted by molar-refractivity contribution is 7.92. The van der Waals surface area contributed by atoms with Gasteiger partial charge in [0.15, 0.2) is 0 Å². The number of amides is 1. The van der Waals surface area contributed by atoms with Gasteiger partial charge in [0.25, 0.3) is 5.92 Å². The number of carbonyl (C=O) groups is 1. The number of nitrogens with one attached hydrogen (secondary N) is 1. The van der Waals surface area contributed by atoms with Gasteiger partial charge < -0.3 is 4.90 Å². The number of sulfonamides is 2. The molecule has 1 N–H and O–H groups in total. The topological polar surface area (TPSA) is 104 Å². The Morgan fingerprint density at radius 1 is 1.05 bits per heavy atom. The molecule has 8 nitrogen and oxygen atoms in total. The van der Waals surface area contributed by atoms with Gasteiger partial charge in [0.1, 0.15) is 0 Å². The maximum atomic E-state index is 14.1. The average Bonchev–Trinajstić information content (AvgIpc) is 3.40. The lowest BCUT2D eigenvalue weighted by Gasteiger charge is -2.35. The molecule has 212 valence electrons. The Morgan fingerprint density at radius 3 is 2.38 bits per heavy atom. The van der Waals surface area contributed by atoms with Gasteiger partial charge in [0, 0.05) is 37.5 Å². The van der Waals surface area contributed by atoms with Crippen molar-refractivity contribution >= 4 is 26.0 Å². The van der Waals surface area contributed by atoms with E-state index >= 15 is 0 Å². The molecular weight excluding hydrogens is 548 g/mol. The molecular formula is C27H33F2N3O5S2. The van der Waals surface area contributed by atoms with Crippen molar-refractivity contribution in [3.05, 3.63) is 77.7 Å². The first kappa shape index (κ1) is 29.3. The fourth-order valence-electron chi connectivity index (χ4n) is 5.18. The van der Waals surface area contributed by atoms with Crippen LogP contribution in [0.3, 0.4) is 0 Å². The molecule has 2 fully saturated rings. The third kappa shape index (κ3) is 7.10. The molecule has 2 heterocycles. The van der Waals surface area contributed by atoms with Gasteiger partial charge in [-0.05, 0) is 48.9 Å². The van der Waals surface area contributed by atoms with E-state index in [0.717, 1.165) is 11.0 Å². The minimum Gasteiger partial charge on any atom is -0.336 e. The molecule has 0 bridgehead atoms. The third-order valence-electron chi connectivity index (χ3n) is 7.24. The summed E-state index contributed by atoms with van der Waals surface area (Å²) in [7, 11) is -7.64. The summed E-state index contributed by atoms with van der Waals surface area (Å²) in [5.41, 5.74) is 1.40. The summed E-state index contributed by atoms with van der Waals surface area (Å²) in [5, 5.41) is 0.775. The molecule has 0 aromatic heterocycles. The van der Waals surface area contributed by atoms with Gasteiger partial charge >= 0.3 is 0 Å². The van der Waals surface area contributed by atoms with Crippen LogP contribution >= 0.6 is 0 Å². The molecule has 1 amide bonds. The van der Waals surface area contributed by atoms with Crippen LogP contribution < -0.4 is 4.72 Å². The molecule has 0 saturated carbocycles. The fourth-order valence-corrected chi connectivity index (χ4v) is 7.42. The standard InChI is InChI=1S/C27H33F2N3O5S2/c1-2-38(34,35)30-19-23-10-6-17-32(23)39(36,37)24-13-11-22(12-14-24)25(18-21-8-4-3-5-9-21)26(33)31-16-7-15-27(28,29)20-31/h2-5,8-9,11-14,23,25,30H,1,6-7,10,15-20H2/t23-,25?/m0/s1. The summed E-state index contributed by atoms with van der Waals surface area (Å²) >= 11 is 0. The van der Waals surface area contributed by atoms with E-state index < -0.39 is 50.4 Å². The van der Waals surface area contributed by atoms with E-state index in [1.807, 2.05) is 30.3 Å². The Labute approximate surface area is 228 Å². The second kappa shape index (κ2) is 11.8. The zero-order valence-electron chi connectivity index (χ0n) is 21.5. The summed E-state index contributed by atoms with van der Waals surface area (Å²) in [4.78, 5) is 14.7. The van der Waals surface area contributed by atoms with Crippen molar-refractivity contribution < 1.29 is 30.4 Å². The lowest BCUT2D eigenvalue weighted by atomic mass is 9.90. The minimum atomic E-state index is -3.94. The molecule has 2 atom stereocenters. The Balaban J connectivity index is 1.57. The van der Waals surface area contributed by atoms with Crippen molar-refractivity contribution in [2.75, 3.05) is 26.2 Å². The van der Waals surface area contributed by atoms with E-state index in [1.165, 1.54) is 21.3 Å². The Morgan fingerprint density at radius 2 is 1.74 bits per heavy atom. The summed E-state index contributed by atoms with van der Waals surface area (Å²) in [6.07, 6.45) is 1.34. The molecule has 12 heteroatoms. The quantitative estimate of drug-likeness (QED) is 0.463. The van der Waals surface area contributed by atoms with Gasteiger partial charge in [-0.3, -0.25) is 4.79 Å². The van der Waals surface area contributed by atoms with E-state index in [9.17, 15) is 30.4 Å². The monoisotopic (exact) mass is 581 g/mol. The van der Waals surface area contributed by atoms with Gasteiger partial charge in [-0.2, -0.15) is 4.31 Å². The van der Waals surface area contributed by atoms with Crippen LogP contribution in [-0.2, 0) is 31.3 Å². The van der Waals surface area contributed by atoms with Crippen molar-refractivity contribution in [1.29, 1.82) is 0 Å². The lowest BCUT2D eigenvalue weighted by molar-refractivity contribution is -0.143. The largest absolute Gasteiger partial charge is 0.336 e. The highest BCUT2D eigenvalue weighted by Gasteiger charge is 2.40. The highest BCUT2D eigenvalue weighted by Crippen LogP contribution is 2.32. The van der Waals surface area contributed by atoms with Crippen LogP contribution in [0.1, 0.15) is 42.7 Å². The number of benzene rings is 2. The van der Waals surface area contributed by atoms with E-state index in [0.29, 0.717) is 18.4 Å². The average molecular weight is 582 g/mol. The summed E-state index contributed by atoms with van der Waals surface area (Å²) in [6.45, 7) is 3.05. The molecule has 2 aromatic rings. The maximum absolute atomic E-state index is 14.1. The van der Waals surface area contributed by atoms with E-state index in [4.69, 9.17) is 0 Å². The lowest BCUT2D eigenvalue weighted by Crippen LogP contribution is -2.47. The van der Waals surface area contributed by atoms with Gasteiger partial charge in [-0.1, -0.05) is 49.0 Å². The van der Waals surface area contributed by atoms with Crippen LogP contribution in [0.5, 0.6) is 0 Å². The van der Waals surface area contributed by atoms with E-state index in [2.05, 4.69) is 11.3 Å². The third-order valence-corrected chi connectivity index (χ3v) is 10.2. The number of alkyl halides is 2. The zero-order valence-corrected chi connectivity index (χ0v) is 23.1.